The van der Waals surface area contributed by atoms with E-state index in [2.05, 4.69) is 22.0 Å². The van der Waals surface area contributed by atoms with Gasteiger partial charge in [0, 0.05) is 16.1 Å². The molecule has 7 nitrogen and oxygen atoms in total. The number of halogens is 1. The van der Waals surface area contributed by atoms with Crippen LogP contribution in [-0.4, -0.2) is 34.9 Å². The van der Waals surface area contributed by atoms with Crippen molar-refractivity contribution in [3.05, 3.63) is 71.8 Å². The van der Waals surface area contributed by atoms with Crippen molar-refractivity contribution in [2.45, 2.75) is 6.42 Å². The Morgan fingerprint density at radius 2 is 2.11 bits per heavy atom. The summed E-state index contributed by atoms with van der Waals surface area (Å²) in [7, 11) is 3.08. The van der Waals surface area contributed by atoms with Crippen molar-refractivity contribution in [3.8, 4) is 17.2 Å². The molecular weight excluding hydrogens is 380 g/mol. The van der Waals surface area contributed by atoms with Gasteiger partial charge in [-0.3, -0.25) is 4.79 Å². The number of rotatable bonds is 7. The van der Waals surface area contributed by atoms with Gasteiger partial charge in [-0.25, -0.2) is 9.67 Å². The van der Waals surface area contributed by atoms with E-state index in [1.807, 2.05) is 0 Å². The summed E-state index contributed by atoms with van der Waals surface area (Å²) in [5.74, 6) is 0.717. The van der Waals surface area contributed by atoms with Crippen molar-refractivity contribution in [3.63, 3.8) is 0 Å². The lowest BCUT2D eigenvalue weighted by molar-refractivity contribution is 0.102. The van der Waals surface area contributed by atoms with Crippen LogP contribution in [0.15, 0.2) is 55.6 Å². The van der Waals surface area contributed by atoms with Crippen molar-refractivity contribution in [1.82, 2.24) is 14.8 Å². The summed E-state index contributed by atoms with van der Waals surface area (Å²) in [4.78, 5) is 16.9. The van der Waals surface area contributed by atoms with Crippen molar-refractivity contribution in [2.24, 2.45) is 0 Å². The number of ether oxygens (including phenoxy) is 2. The lowest BCUT2D eigenvalue weighted by atomic mass is 10.0. The highest BCUT2D eigenvalue weighted by molar-refractivity contribution is 6.31. The molecule has 0 saturated heterocycles. The monoisotopic (exact) mass is 398 g/mol. The first-order valence-electron chi connectivity index (χ1n) is 8.39. The van der Waals surface area contributed by atoms with Crippen LogP contribution in [-0.2, 0) is 6.42 Å². The molecule has 8 heteroatoms. The lowest BCUT2D eigenvalue weighted by Crippen LogP contribution is -2.15. The Labute approximate surface area is 167 Å². The van der Waals surface area contributed by atoms with E-state index >= 15 is 0 Å². The molecule has 1 amide bonds. The summed E-state index contributed by atoms with van der Waals surface area (Å²) in [5, 5.41) is 7.47. The van der Waals surface area contributed by atoms with Crippen molar-refractivity contribution in [2.75, 3.05) is 19.5 Å². The van der Waals surface area contributed by atoms with Gasteiger partial charge in [-0.1, -0.05) is 17.7 Å². The Hall–Kier alpha value is -3.32. The van der Waals surface area contributed by atoms with Gasteiger partial charge in [-0.2, -0.15) is 5.10 Å². The average Bonchev–Trinajstić information content (AvgIpc) is 3.22. The Morgan fingerprint density at radius 3 is 2.75 bits per heavy atom. The zero-order valence-corrected chi connectivity index (χ0v) is 16.2. The number of carbonyl (C=O) groups is 1. The van der Waals surface area contributed by atoms with E-state index in [1.54, 1.807) is 48.2 Å². The highest BCUT2D eigenvalue weighted by Gasteiger charge is 2.17. The first-order chi connectivity index (χ1) is 13.6. The summed E-state index contributed by atoms with van der Waals surface area (Å²) in [6.07, 6.45) is 5.22. The van der Waals surface area contributed by atoms with Crippen LogP contribution < -0.4 is 14.8 Å². The standard InChI is InChI=1S/C20H19ClN4O3/c1-4-5-13-8-14(9-18(27-2)19(13)28-3)20(26)24-16-10-15(21)6-7-17(16)25-12-22-11-23-25/h4,6-12H,1,5H2,2-3H3,(H,24,26). The number of nitrogens with zero attached hydrogens (tertiary/aromatic N) is 3. The molecule has 1 heterocycles. The number of allylic oxidation sites excluding steroid dienone is 1. The number of hydrogen-bond donors (Lipinski definition) is 1. The molecule has 0 radical (unpaired) electrons. The maximum Gasteiger partial charge on any atom is 0.255 e. The van der Waals surface area contributed by atoms with Crippen LogP contribution >= 0.6 is 11.6 Å². The zero-order chi connectivity index (χ0) is 20.1. The second-order valence-electron chi connectivity index (χ2n) is 5.82. The summed E-state index contributed by atoms with van der Waals surface area (Å²) in [5.41, 5.74) is 2.36. The molecule has 2 aromatic carbocycles. The largest absolute Gasteiger partial charge is 0.493 e. The maximum atomic E-state index is 12.9. The Morgan fingerprint density at radius 1 is 1.29 bits per heavy atom. The van der Waals surface area contributed by atoms with E-state index in [9.17, 15) is 4.79 Å². The summed E-state index contributed by atoms with van der Waals surface area (Å²) in [6.45, 7) is 3.75. The van der Waals surface area contributed by atoms with Gasteiger partial charge in [0.05, 0.1) is 25.6 Å². The van der Waals surface area contributed by atoms with Gasteiger partial charge >= 0.3 is 0 Å². The Bertz CT molecular complexity index is 1000. The third-order valence-corrected chi connectivity index (χ3v) is 4.29. The Balaban J connectivity index is 1.99. The first kappa shape index (κ1) is 19.4. The maximum absolute atomic E-state index is 12.9. The normalized spacial score (nSPS) is 10.4. The van der Waals surface area contributed by atoms with Gasteiger partial charge in [-0.15, -0.1) is 6.58 Å². The van der Waals surface area contributed by atoms with Crippen LogP contribution in [0.1, 0.15) is 15.9 Å². The minimum absolute atomic E-state index is 0.324. The fraction of sp³-hybridized carbons (Fsp3) is 0.150. The van der Waals surface area contributed by atoms with Gasteiger partial charge in [0.15, 0.2) is 11.5 Å². The van der Waals surface area contributed by atoms with E-state index in [0.29, 0.717) is 39.9 Å². The second-order valence-corrected chi connectivity index (χ2v) is 6.26. The Kier molecular flexibility index (Phi) is 5.96. The summed E-state index contributed by atoms with van der Waals surface area (Å²) in [6, 6.07) is 8.50. The lowest BCUT2D eigenvalue weighted by Gasteiger charge is -2.15. The third-order valence-electron chi connectivity index (χ3n) is 4.05. The van der Waals surface area contributed by atoms with Crippen LogP contribution in [0.2, 0.25) is 5.02 Å². The molecule has 0 unspecified atom stereocenters. The van der Waals surface area contributed by atoms with E-state index < -0.39 is 0 Å². The molecule has 0 fully saturated rings. The van der Waals surface area contributed by atoms with Crippen LogP contribution in [0.5, 0.6) is 11.5 Å². The van der Waals surface area contributed by atoms with E-state index in [4.69, 9.17) is 21.1 Å². The number of benzene rings is 2. The third kappa shape index (κ3) is 3.99. The molecule has 0 aliphatic carbocycles. The van der Waals surface area contributed by atoms with Crippen molar-refractivity contribution in [1.29, 1.82) is 0 Å². The van der Waals surface area contributed by atoms with E-state index in [-0.39, 0.29) is 5.91 Å². The number of methoxy groups -OCH3 is 2. The summed E-state index contributed by atoms with van der Waals surface area (Å²) < 4.78 is 12.3. The SMILES string of the molecule is C=CCc1cc(C(=O)Nc2cc(Cl)ccc2-n2cncn2)cc(OC)c1OC. The van der Waals surface area contributed by atoms with Crippen molar-refractivity contribution >= 4 is 23.2 Å². The number of carbonyl (C=O) groups excluding carboxylic acids is 1. The highest BCUT2D eigenvalue weighted by Crippen LogP contribution is 2.34. The molecule has 3 rings (SSSR count). The first-order valence-corrected chi connectivity index (χ1v) is 8.77. The molecule has 0 saturated carbocycles. The van der Waals surface area contributed by atoms with Gasteiger partial charge in [0.2, 0.25) is 0 Å². The molecular formula is C20H19ClN4O3. The van der Waals surface area contributed by atoms with Crippen LogP contribution in [0.25, 0.3) is 5.69 Å². The molecule has 0 spiro atoms. The molecule has 1 N–H and O–H groups in total. The van der Waals surface area contributed by atoms with E-state index in [0.717, 1.165) is 5.56 Å². The predicted molar refractivity (Wildman–Crippen MR) is 108 cm³/mol. The molecule has 3 aromatic rings. The molecule has 1 aromatic heterocycles. The number of aromatic nitrogens is 3. The van der Waals surface area contributed by atoms with Gasteiger partial charge in [0.25, 0.3) is 5.91 Å². The zero-order valence-electron chi connectivity index (χ0n) is 15.5. The van der Waals surface area contributed by atoms with E-state index in [1.165, 1.54) is 19.8 Å². The number of hydrogen-bond acceptors (Lipinski definition) is 5. The highest BCUT2D eigenvalue weighted by atomic mass is 35.5. The van der Waals surface area contributed by atoms with Gasteiger partial charge in [-0.05, 0) is 36.8 Å². The molecule has 0 aliphatic rings. The molecule has 0 aliphatic heterocycles. The van der Waals surface area contributed by atoms with Crippen LogP contribution in [0.3, 0.4) is 0 Å². The fourth-order valence-corrected chi connectivity index (χ4v) is 2.99. The molecule has 28 heavy (non-hydrogen) atoms. The van der Waals surface area contributed by atoms with Crippen LogP contribution in [0.4, 0.5) is 5.69 Å². The fourth-order valence-electron chi connectivity index (χ4n) is 2.82. The second kappa shape index (κ2) is 8.58. The number of anilines is 1. The molecule has 144 valence electrons. The summed E-state index contributed by atoms with van der Waals surface area (Å²) >= 11 is 6.12. The quantitative estimate of drug-likeness (QED) is 0.610. The molecule has 0 bridgehead atoms. The topological polar surface area (TPSA) is 78.3 Å². The van der Waals surface area contributed by atoms with Crippen LogP contribution in [0, 0.1) is 0 Å². The minimum Gasteiger partial charge on any atom is -0.493 e. The van der Waals surface area contributed by atoms with Crippen molar-refractivity contribution < 1.29 is 14.3 Å². The average molecular weight is 399 g/mol. The predicted octanol–water partition coefficient (Wildman–Crippen LogP) is 3.92. The van der Waals surface area contributed by atoms with Gasteiger partial charge in [0.1, 0.15) is 12.7 Å². The smallest absolute Gasteiger partial charge is 0.255 e. The van der Waals surface area contributed by atoms with Gasteiger partial charge < -0.3 is 14.8 Å². The molecule has 0 atom stereocenters. The number of nitrogens with one attached hydrogen (secondary N) is 1. The minimum atomic E-state index is -0.324. The number of amides is 1.